The maximum absolute atomic E-state index is 13.8. The highest BCUT2D eigenvalue weighted by Gasteiger charge is 2.42. The monoisotopic (exact) mass is 596 g/mol. The van der Waals surface area contributed by atoms with E-state index in [1.54, 1.807) is 4.90 Å². The van der Waals surface area contributed by atoms with Gasteiger partial charge in [0.1, 0.15) is 12.1 Å². The van der Waals surface area contributed by atoms with Gasteiger partial charge in [0.25, 0.3) is 0 Å². The highest BCUT2D eigenvalue weighted by Crippen LogP contribution is 2.36. The van der Waals surface area contributed by atoms with Crippen LogP contribution in [0.2, 0.25) is 0 Å². The maximum Gasteiger partial charge on any atom is 0.247 e. The molecule has 0 bridgehead atoms. The smallest absolute Gasteiger partial charge is 0.247 e. The van der Waals surface area contributed by atoms with Gasteiger partial charge in [0, 0.05) is 51.6 Å². The molecule has 0 radical (unpaired) electrons. The van der Waals surface area contributed by atoms with Gasteiger partial charge < -0.3 is 30.3 Å². The van der Waals surface area contributed by atoms with Crippen LogP contribution >= 0.6 is 0 Å². The van der Waals surface area contributed by atoms with E-state index in [4.69, 9.17) is 9.47 Å². The van der Waals surface area contributed by atoms with Crippen LogP contribution in [0.1, 0.15) is 65.4 Å². The number of carbonyl (C=O) groups excluding carboxylic acids is 4. The first-order valence-electron chi connectivity index (χ1n) is 15.5. The topological polar surface area (TPSA) is 126 Å². The van der Waals surface area contributed by atoms with Gasteiger partial charge in [-0.15, -0.1) is 0 Å². The molecule has 1 aromatic rings. The first-order valence-corrected chi connectivity index (χ1v) is 15.5. The van der Waals surface area contributed by atoms with Crippen molar-refractivity contribution in [1.82, 2.24) is 20.9 Å². The van der Waals surface area contributed by atoms with Gasteiger partial charge >= 0.3 is 0 Å². The van der Waals surface area contributed by atoms with E-state index in [0.717, 1.165) is 5.56 Å². The molecule has 1 aromatic carbocycles. The van der Waals surface area contributed by atoms with Gasteiger partial charge in [-0.2, -0.15) is 0 Å². The fourth-order valence-corrected chi connectivity index (χ4v) is 6.15. The summed E-state index contributed by atoms with van der Waals surface area (Å²) in [4.78, 5) is 54.9. The van der Waals surface area contributed by atoms with E-state index in [-0.39, 0.29) is 42.2 Å². The number of allylic oxidation sites excluding steroid dienone is 2. The van der Waals surface area contributed by atoms with Gasteiger partial charge in [-0.25, -0.2) is 0 Å². The van der Waals surface area contributed by atoms with Crippen molar-refractivity contribution >= 4 is 23.6 Å². The summed E-state index contributed by atoms with van der Waals surface area (Å²) in [6, 6.07) is 8.03. The van der Waals surface area contributed by atoms with Gasteiger partial charge in [0.15, 0.2) is 0 Å². The molecule has 10 nitrogen and oxygen atoms in total. The fourth-order valence-electron chi connectivity index (χ4n) is 6.15. The molecule has 0 saturated carbocycles. The lowest BCUT2D eigenvalue weighted by molar-refractivity contribution is -0.142. The summed E-state index contributed by atoms with van der Waals surface area (Å²) in [6.07, 6.45) is 7.52. The van der Waals surface area contributed by atoms with E-state index in [9.17, 15) is 19.2 Å². The Bertz CT molecular complexity index is 1160. The Morgan fingerprint density at radius 3 is 2.51 bits per heavy atom. The van der Waals surface area contributed by atoms with Crippen LogP contribution in [0.15, 0.2) is 42.5 Å². The van der Waals surface area contributed by atoms with Crippen LogP contribution in [-0.4, -0.2) is 85.2 Å². The van der Waals surface area contributed by atoms with E-state index >= 15 is 0 Å². The molecule has 43 heavy (non-hydrogen) atoms. The predicted octanol–water partition coefficient (Wildman–Crippen LogP) is 2.51. The van der Waals surface area contributed by atoms with Crippen LogP contribution in [0, 0.1) is 11.3 Å². The quantitative estimate of drug-likeness (QED) is 0.434. The van der Waals surface area contributed by atoms with Crippen LogP contribution in [0.25, 0.3) is 0 Å². The number of rotatable bonds is 6. The molecule has 3 heterocycles. The number of likely N-dealkylation sites (tertiary alicyclic amines) is 1. The highest BCUT2D eigenvalue weighted by molar-refractivity contribution is 5.91. The summed E-state index contributed by atoms with van der Waals surface area (Å²) in [6.45, 7) is 9.09. The Morgan fingerprint density at radius 1 is 1.12 bits per heavy atom. The average Bonchev–Trinajstić information content (AvgIpc) is 2.97. The molecule has 236 valence electrons. The molecular weight excluding hydrogens is 548 g/mol. The third kappa shape index (κ3) is 9.13. The van der Waals surface area contributed by atoms with Gasteiger partial charge in [-0.3, -0.25) is 19.2 Å². The molecule has 3 N–H and O–H groups in total. The Balaban J connectivity index is 1.55. The summed E-state index contributed by atoms with van der Waals surface area (Å²) in [5, 5.41) is 9.12. The molecule has 3 aliphatic heterocycles. The number of fused-ring (bicyclic) bond motifs is 1. The minimum absolute atomic E-state index is 0.0300. The zero-order chi connectivity index (χ0) is 31.0. The standard InChI is InChI=1S/C33H48N4O6/c1-23(38)34-28(22-43-32(2,3)4)30(40)37-17-13-26-25(21-37)12-8-9-14-33(15-18-42-19-16-33)31(41)36-27(29(39)35-26)20-24-10-6-5-7-11-24/h5-11,25-28H,12-22H2,1-4H3,(H,34,38)(H,35,39)(H,36,41)/b9-8+/t25-,26+,27+,28+/m1/s1. The third-order valence-corrected chi connectivity index (χ3v) is 8.68. The summed E-state index contributed by atoms with van der Waals surface area (Å²) < 4.78 is 11.5. The van der Waals surface area contributed by atoms with Crippen molar-refractivity contribution < 1.29 is 28.7 Å². The van der Waals surface area contributed by atoms with Crippen LogP contribution in [-0.2, 0) is 35.1 Å². The van der Waals surface area contributed by atoms with Crippen LogP contribution in [0.3, 0.4) is 0 Å². The molecule has 3 aliphatic rings. The van der Waals surface area contributed by atoms with Gasteiger partial charge in [0.05, 0.1) is 17.6 Å². The number of amides is 4. The zero-order valence-electron chi connectivity index (χ0n) is 26.0. The van der Waals surface area contributed by atoms with E-state index in [1.165, 1.54) is 6.92 Å². The molecule has 2 saturated heterocycles. The Morgan fingerprint density at radius 2 is 1.84 bits per heavy atom. The molecule has 2 fully saturated rings. The predicted molar refractivity (Wildman–Crippen MR) is 163 cm³/mol. The fraction of sp³-hybridized carbons (Fsp3) is 0.636. The summed E-state index contributed by atoms with van der Waals surface area (Å²) >= 11 is 0. The number of nitrogens with one attached hydrogen (secondary N) is 3. The van der Waals surface area contributed by atoms with Gasteiger partial charge in [0.2, 0.25) is 23.6 Å². The molecule has 0 aromatic heterocycles. The molecular formula is C33H48N4O6. The number of nitrogens with zero attached hydrogens (tertiary/aromatic N) is 1. The molecule has 4 atom stereocenters. The zero-order valence-corrected chi connectivity index (χ0v) is 26.0. The number of hydrogen-bond acceptors (Lipinski definition) is 6. The molecule has 0 unspecified atom stereocenters. The Hall–Kier alpha value is -3.24. The molecule has 10 heteroatoms. The lowest BCUT2D eigenvalue weighted by atomic mass is 9.75. The molecule has 1 spiro atoms. The van der Waals surface area contributed by atoms with Crippen molar-refractivity contribution in [2.45, 2.75) is 89.9 Å². The van der Waals surface area contributed by atoms with Crippen molar-refractivity contribution in [2.24, 2.45) is 11.3 Å². The van der Waals surface area contributed by atoms with Crippen molar-refractivity contribution in [2.75, 3.05) is 32.9 Å². The van der Waals surface area contributed by atoms with Crippen LogP contribution < -0.4 is 16.0 Å². The van der Waals surface area contributed by atoms with Crippen LogP contribution in [0.5, 0.6) is 0 Å². The molecule has 4 rings (SSSR count). The highest BCUT2D eigenvalue weighted by atomic mass is 16.5. The second kappa shape index (κ2) is 14.5. The normalized spacial score (nSPS) is 26.1. The first kappa shape index (κ1) is 32.7. The summed E-state index contributed by atoms with van der Waals surface area (Å²) in [5.41, 5.74) is -0.120. The minimum atomic E-state index is -0.788. The molecule has 0 aliphatic carbocycles. The summed E-state index contributed by atoms with van der Waals surface area (Å²) in [7, 11) is 0. The van der Waals surface area contributed by atoms with Crippen LogP contribution in [0.4, 0.5) is 0 Å². The molecule has 4 amide bonds. The van der Waals surface area contributed by atoms with E-state index in [2.05, 4.69) is 28.1 Å². The maximum atomic E-state index is 13.8. The number of ether oxygens (including phenoxy) is 2. The van der Waals surface area contributed by atoms with Crippen molar-refractivity contribution in [1.29, 1.82) is 0 Å². The van der Waals surface area contributed by atoms with Gasteiger partial charge in [-0.05, 0) is 58.4 Å². The summed E-state index contributed by atoms with van der Waals surface area (Å²) in [5.74, 6) is -0.822. The SMILES string of the molecule is CC(=O)N[C@@H](COC(C)(C)C)C(=O)N1CC[C@@H]2NC(=O)[C@H](Cc3ccccc3)NC(=O)C3(C/C=C/C[C@@H]2C1)CCOCC3. The number of benzene rings is 1. The average molecular weight is 597 g/mol. The lowest BCUT2D eigenvalue weighted by Gasteiger charge is -2.41. The van der Waals surface area contributed by atoms with Crippen molar-refractivity contribution in [3.05, 3.63) is 48.0 Å². The minimum Gasteiger partial charge on any atom is -0.381 e. The van der Waals surface area contributed by atoms with Crippen molar-refractivity contribution in [3.63, 3.8) is 0 Å². The van der Waals surface area contributed by atoms with Crippen molar-refractivity contribution in [3.8, 4) is 0 Å². The van der Waals surface area contributed by atoms with E-state index < -0.39 is 23.1 Å². The lowest BCUT2D eigenvalue weighted by Crippen LogP contribution is -2.60. The largest absolute Gasteiger partial charge is 0.381 e. The second-order valence-electron chi connectivity index (χ2n) is 13.1. The van der Waals surface area contributed by atoms with Gasteiger partial charge in [-0.1, -0.05) is 42.5 Å². The van der Waals surface area contributed by atoms with E-state index in [1.807, 2.05) is 51.1 Å². The first-order chi connectivity index (χ1) is 20.5. The number of hydrogen-bond donors (Lipinski definition) is 3. The van der Waals surface area contributed by atoms with E-state index in [0.29, 0.717) is 64.8 Å². The Kier molecular flexibility index (Phi) is 11.0. The second-order valence-corrected chi connectivity index (χ2v) is 13.1. The third-order valence-electron chi connectivity index (χ3n) is 8.68. The Labute approximate surface area is 255 Å². The number of carbonyl (C=O) groups is 4. The number of piperidine rings is 1.